The standard InChI is InChI=1S/C22H20BrClN2O2/c1-14-10-18(24)6-7-20(14)21(15-2-4-17(23)5-3-15)12-22(26-28)16-8-9-25-19(11-16)13-27/h2-11,21,27-28H,12-13H2,1H3/b26-22-/t21-/m1/s1. The molecule has 28 heavy (non-hydrogen) atoms. The van der Waals surface area contributed by atoms with Crippen molar-refractivity contribution in [2.75, 3.05) is 0 Å². The van der Waals surface area contributed by atoms with Crippen molar-refractivity contribution in [2.24, 2.45) is 5.16 Å². The summed E-state index contributed by atoms with van der Waals surface area (Å²) in [6, 6.07) is 17.5. The largest absolute Gasteiger partial charge is 0.411 e. The lowest BCUT2D eigenvalue weighted by molar-refractivity contribution is 0.277. The molecule has 2 N–H and O–H groups in total. The number of oxime groups is 1. The number of aliphatic hydroxyl groups is 1. The Morgan fingerprint density at radius 2 is 1.89 bits per heavy atom. The molecule has 2 aromatic carbocycles. The van der Waals surface area contributed by atoms with Crippen LogP contribution in [0.1, 0.15) is 40.3 Å². The van der Waals surface area contributed by atoms with E-state index < -0.39 is 0 Å². The molecule has 0 aliphatic carbocycles. The summed E-state index contributed by atoms with van der Waals surface area (Å²) in [5.74, 6) is -0.0259. The van der Waals surface area contributed by atoms with E-state index in [-0.39, 0.29) is 12.5 Å². The molecule has 1 aromatic heterocycles. The lowest BCUT2D eigenvalue weighted by Crippen LogP contribution is -2.12. The molecule has 0 aliphatic rings. The highest BCUT2D eigenvalue weighted by Crippen LogP contribution is 2.33. The van der Waals surface area contributed by atoms with Crippen LogP contribution in [-0.2, 0) is 6.61 Å². The van der Waals surface area contributed by atoms with E-state index in [2.05, 4.69) is 38.2 Å². The van der Waals surface area contributed by atoms with Gasteiger partial charge in [-0.25, -0.2) is 0 Å². The third-order valence-corrected chi connectivity index (χ3v) is 5.47. The second-order valence-corrected chi connectivity index (χ2v) is 7.90. The molecule has 1 atom stereocenters. The van der Waals surface area contributed by atoms with Crippen LogP contribution in [0.5, 0.6) is 0 Å². The molecule has 6 heteroatoms. The van der Waals surface area contributed by atoms with Crippen LogP contribution in [0.2, 0.25) is 5.02 Å². The van der Waals surface area contributed by atoms with Crippen molar-refractivity contribution < 1.29 is 10.3 Å². The second-order valence-electron chi connectivity index (χ2n) is 6.55. The van der Waals surface area contributed by atoms with Crippen molar-refractivity contribution in [3.63, 3.8) is 0 Å². The molecule has 0 fully saturated rings. The molecule has 4 nitrogen and oxygen atoms in total. The first-order chi connectivity index (χ1) is 13.5. The molecule has 0 saturated heterocycles. The molecule has 0 bridgehead atoms. The Hall–Kier alpha value is -2.21. The van der Waals surface area contributed by atoms with Gasteiger partial charge in [-0.05, 0) is 60.0 Å². The van der Waals surface area contributed by atoms with Gasteiger partial charge in [0.15, 0.2) is 0 Å². The van der Waals surface area contributed by atoms with Gasteiger partial charge < -0.3 is 10.3 Å². The monoisotopic (exact) mass is 458 g/mol. The number of aromatic nitrogens is 1. The molecule has 0 aliphatic heterocycles. The number of pyridine rings is 1. The maximum atomic E-state index is 9.72. The van der Waals surface area contributed by atoms with Crippen LogP contribution in [0, 0.1) is 6.92 Å². The third kappa shape index (κ3) is 4.79. The molecule has 1 heterocycles. The van der Waals surface area contributed by atoms with Crippen molar-refractivity contribution in [3.8, 4) is 0 Å². The molecular formula is C22H20BrClN2O2. The maximum absolute atomic E-state index is 9.72. The van der Waals surface area contributed by atoms with Crippen LogP contribution in [0.3, 0.4) is 0 Å². The Morgan fingerprint density at radius 1 is 1.14 bits per heavy atom. The van der Waals surface area contributed by atoms with E-state index in [1.165, 1.54) is 0 Å². The highest BCUT2D eigenvalue weighted by molar-refractivity contribution is 9.10. The fourth-order valence-corrected chi connectivity index (χ4v) is 3.78. The van der Waals surface area contributed by atoms with Crippen LogP contribution in [0.25, 0.3) is 0 Å². The number of halogens is 2. The summed E-state index contributed by atoms with van der Waals surface area (Å²) in [5, 5.41) is 23.3. The van der Waals surface area contributed by atoms with E-state index in [0.29, 0.717) is 22.8 Å². The van der Waals surface area contributed by atoms with Crippen LogP contribution < -0.4 is 0 Å². The molecule has 0 saturated carbocycles. The number of nitrogens with zero attached hydrogens (tertiary/aromatic N) is 2. The average molecular weight is 460 g/mol. The Morgan fingerprint density at radius 3 is 2.54 bits per heavy atom. The van der Waals surface area contributed by atoms with Crippen molar-refractivity contribution in [3.05, 3.63) is 98.2 Å². The predicted molar refractivity (Wildman–Crippen MR) is 115 cm³/mol. The van der Waals surface area contributed by atoms with E-state index in [0.717, 1.165) is 26.7 Å². The second kappa shape index (κ2) is 9.32. The lowest BCUT2D eigenvalue weighted by atomic mass is 9.83. The van der Waals surface area contributed by atoms with Crippen molar-refractivity contribution in [1.82, 2.24) is 4.98 Å². The van der Waals surface area contributed by atoms with E-state index >= 15 is 0 Å². The van der Waals surface area contributed by atoms with Crippen LogP contribution >= 0.6 is 27.5 Å². The van der Waals surface area contributed by atoms with Crippen molar-refractivity contribution in [2.45, 2.75) is 25.9 Å². The first kappa shape index (κ1) is 20.5. The Labute approximate surface area is 177 Å². The summed E-state index contributed by atoms with van der Waals surface area (Å²) in [6.45, 7) is 1.86. The minimum atomic E-state index is -0.168. The van der Waals surface area contributed by atoms with Crippen LogP contribution in [0.15, 0.2) is 70.4 Å². The number of hydrogen-bond donors (Lipinski definition) is 2. The van der Waals surface area contributed by atoms with Gasteiger partial charge in [-0.2, -0.15) is 0 Å². The lowest BCUT2D eigenvalue weighted by Gasteiger charge is -2.21. The number of aryl methyl sites for hydroxylation is 1. The van der Waals surface area contributed by atoms with Gasteiger partial charge in [-0.3, -0.25) is 4.98 Å². The van der Waals surface area contributed by atoms with E-state index in [1.807, 2.05) is 37.3 Å². The minimum Gasteiger partial charge on any atom is -0.411 e. The molecule has 0 amide bonds. The smallest absolute Gasteiger partial charge is 0.0878 e. The van der Waals surface area contributed by atoms with Gasteiger partial charge in [0.25, 0.3) is 0 Å². The summed E-state index contributed by atoms with van der Waals surface area (Å²) < 4.78 is 1.00. The van der Waals surface area contributed by atoms with Gasteiger partial charge in [0.2, 0.25) is 0 Å². The summed E-state index contributed by atoms with van der Waals surface area (Å²) in [6.07, 6.45) is 2.09. The van der Waals surface area contributed by atoms with Crippen molar-refractivity contribution in [1.29, 1.82) is 0 Å². The minimum absolute atomic E-state index is 0.0259. The summed E-state index contributed by atoms with van der Waals surface area (Å²) in [5.41, 5.74) is 5.08. The van der Waals surface area contributed by atoms with Crippen LogP contribution in [0.4, 0.5) is 0 Å². The molecule has 144 valence electrons. The molecule has 0 spiro atoms. The molecular weight excluding hydrogens is 440 g/mol. The summed E-state index contributed by atoms with van der Waals surface area (Å²) >= 11 is 9.63. The normalized spacial score (nSPS) is 12.8. The maximum Gasteiger partial charge on any atom is 0.0878 e. The van der Waals surface area contributed by atoms with E-state index in [4.69, 9.17) is 11.6 Å². The zero-order valence-corrected chi connectivity index (χ0v) is 17.7. The summed E-state index contributed by atoms with van der Waals surface area (Å²) in [7, 11) is 0. The number of rotatable bonds is 6. The molecule has 0 radical (unpaired) electrons. The zero-order chi connectivity index (χ0) is 20.1. The first-order valence-electron chi connectivity index (χ1n) is 8.80. The SMILES string of the molecule is Cc1cc(Cl)ccc1[C@H](C/C(=N/O)c1ccnc(CO)c1)c1ccc(Br)cc1. The average Bonchev–Trinajstić information content (AvgIpc) is 2.70. The fraction of sp³-hybridized carbons (Fsp3) is 0.182. The topological polar surface area (TPSA) is 65.7 Å². The number of benzene rings is 2. The van der Waals surface area contributed by atoms with Crippen LogP contribution in [-0.4, -0.2) is 21.0 Å². The van der Waals surface area contributed by atoms with Gasteiger partial charge in [0.05, 0.1) is 18.0 Å². The quantitative estimate of drug-likeness (QED) is 0.282. The van der Waals surface area contributed by atoms with Gasteiger partial charge in [0, 0.05) is 33.6 Å². The number of hydrogen-bond acceptors (Lipinski definition) is 4. The fourth-order valence-electron chi connectivity index (χ4n) is 3.29. The summed E-state index contributed by atoms with van der Waals surface area (Å²) in [4.78, 5) is 4.10. The zero-order valence-electron chi connectivity index (χ0n) is 15.3. The highest BCUT2D eigenvalue weighted by Gasteiger charge is 2.21. The van der Waals surface area contributed by atoms with Gasteiger partial charge in [-0.15, -0.1) is 0 Å². The number of aliphatic hydroxyl groups excluding tert-OH is 1. The van der Waals surface area contributed by atoms with E-state index in [9.17, 15) is 10.3 Å². The molecule has 3 rings (SSSR count). The van der Waals surface area contributed by atoms with Crippen molar-refractivity contribution >= 4 is 33.2 Å². The van der Waals surface area contributed by atoms with Gasteiger partial charge >= 0.3 is 0 Å². The van der Waals surface area contributed by atoms with E-state index in [1.54, 1.807) is 18.3 Å². The molecule has 0 unspecified atom stereocenters. The van der Waals surface area contributed by atoms with Gasteiger partial charge in [0.1, 0.15) is 0 Å². The highest BCUT2D eigenvalue weighted by atomic mass is 79.9. The first-order valence-corrected chi connectivity index (χ1v) is 9.97. The Kier molecular flexibility index (Phi) is 6.83. The Bertz CT molecular complexity index is 990. The van der Waals surface area contributed by atoms with Gasteiger partial charge in [-0.1, -0.05) is 50.9 Å². The third-order valence-electron chi connectivity index (χ3n) is 4.71. The molecule has 3 aromatic rings. The Balaban J connectivity index is 2.04. The predicted octanol–water partition coefficient (Wildman–Crippen LogP) is 5.70.